The van der Waals surface area contributed by atoms with Crippen molar-refractivity contribution in [2.45, 2.75) is 43.4 Å². The molecule has 0 fully saturated rings. The van der Waals surface area contributed by atoms with Gasteiger partial charge in [-0.2, -0.15) is 18.3 Å². The van der Waals surface area contributed by atoms with E-state index in [0.717, 1.165) is 40.3 Å². The molecule has 43 heavy (non-hydrogen) atoms. The Morgan fingerprint density at radius 3 is 2.21 bits per heavy atom. The van der Waals surface area contributed by atoms with Crippen molar-refractivity contribution in [2.75, 3.05) is 9.62 Å². The van der Waals surface area contributed by atoms with Gasteiger partial charge in [-0.3, -0.25) is 8.99 Å². The molecule has 0 aliphatic carbocycles. The summed E-state index contributed by atoms with van der Waals surface area (Å²) in [6, 6.07) is 11.1. The molecule has 0 amide bonds. The largest absolute Gasteiger partial charge is 0.573 e. The van der Waals surface area contributed by atoms with Crippen LogP contribution in [0.25, 0.3) is 0 Å². The third-order valence-electron chi connectivity index (χ3n) is 6.92. The predicted octanol–water partition coefficient (Wildman–Crippen LogP) is 5.75. The van der Waals surface area contributed by atoms with Gasteiger partial charge in [0.1, 0.15) is 22.9 Å². The van der Waals surface area contributed by atoms with Crippen LogP contribution in [0.4, 0.5) is 43.5 Å². The highest BCUT2D eigenvalue weighted by molar-refractivity contribution is 7.92. The zero-order chi connectivity index (χ0) is 31.5. The third-order valence-corrected chi connectivity index (χ3v) is 8.70. The molecule has 2 aromatic heterocycles. The number of aromatic nitrogens is 3. The van der Waals surface area contributed by atoms with Crippen molar-refractivity contribution in [1.82, 2.24) is 14.8 Å². The molecule has 228 valence electrons. The minimum absolute atomic E-state index is 0.0444. The first-order valence-electron chi connectivity index (χ1n) is 12.5. The van der Waals surface area contributed by atoms with Crippen LogP contribution in [0.1, 0.15) is 35.1 Å². The molecule has 0 radical (unpaired) electrons. The van der Waals surface area contributed by atoms with Gasteiger partial charge in [-0.15, -0.1) is 13.2 Å². The molecule has 2 aromatic carbocycles. The number of aliphatic hydroxyl groups is 1. The molecular weight excluding hydrogens is 604 g/mol. The highest BCUT2D eigenvalue weighted by atomic mass is 32.2. The van der Waals surface area contributed by atoms with Gasteiger partial charge in [0.05, 0.1) is 28.5 Å². The highest BCUT2D eigenvalue weighted by Crippen LogP contribution is 2.42. The average Bonchev–Trinajstić information content (AvgIpc) is 3.15. The number of rotatable bonds is 5. The van der Waals surface area contributed by atoms with E-state index in [-0.39, 0.29) is 34.0 Å². The maximum atomic E-state index is 14.0. The molecule has 2 N–H and O–H groups in total. The molecular formula is C27H23F6N5O4S. The molecule has 1 unspecified atom stereocenters. The highest BCUT2D eigenvalue weighted by Gasteiger charge is 2.37. The lowest BCUT2D eigenvalue weighted by molar-refractivity contribution is -0.274. The standard InChI is InChI=1S/C27H23F6N5O4S/c1-15-12-23(36-37(15)3)25(2,39)17-5-10-20-21(13-17)38(14-16-4-11-22(26(28,29)30)35-24(16)34-20)43(40,41)19-8-6-18(7-9-19)42-27(31,32)33/h4-13,39H,14H2,1-3H3,(H,34,35). The number of benzene rings is 2. The number of alkyl halides is 6. The molecule has 16 heteroatoms. The van der Waals surface area contributed by atoms with E-state index in [9.17, 15) is 39.9 Å². The second-order valence-electron chi connectivity index (χ2n) is 9.96. The summed E-state index contributed by atoms with van der Waals surface area (Å²) >= 11 is 0. The zero-order valence-corrected chi connectivity index (χ0v) is 23.4. The molecule has 1 aliphatic heterocycles. The first-order chi connectivity index (χ1) is 19.9. The van der Waals surface area contributed by atoms with Crippen LogP contribution in [-0.4, -0.2) is 34.7 Å². The Morgan fingerprint density at radius 2 is 1.63 bits per heavy atom. The van der Waals surface area contributed by atoms with Gasteiger partial charge in [0.15, 0.2) is 0 Å². The Labute approximate surface area is 241 Å². The minimum Gasteiger partial charge on any atom is -0.406 e. The summed E-state index contributed by atoms with van der Waals surface area (Å²) in [5.74, 6) is -0.898. The van der Waals surface area contributed by atoms with Crippen LogP contribution in [0.15, 0.2) is 65.6 Å². The molecule has 0 spiro atoms. The molecule has 0 saturated heterocycles. The van der Waals surface area contributed by atoms with Gasteiger partial charge >= 0.3 is 12.5 Å². The summed E-state index contributed by atoms with van der Waals surface area (Å²) in [5.41, 5.74) is -1.68. The Balaban J connectivity index is 1.65. The number of halogens is 6. The van der Waals surface area contributed by atoms with E-state index in [1.54, 1.807) is 20.0 Å². The molecule has 3 heterocycles. The van der Waals surface area contributed by atoms with Crippen molar-refractivity contribution in [1.29, 1.82) is 0 Å². The second kappa shape index (κ2) is 10.2. The molecule has 0 bridgehead atoms. The number of nitrogens with zero attached hydrogens (tertiary/aromatic N) is 4. The molecule has 5 rings (SSSR count). The summed E-state index contributed by atoms with van der Waals surface area (Å²) in [7, 11) is -2.89. The maximum absolute atomic E-state index is 14.0. The van der Waals surface area contributed by atoms with Crippen LogP contribution >= 0.6 is 0 Å². The number of nitrogens with one attached hydrogen (secondary N) is 1. The molecule has 4 aromatic rings. The lowest BCUT2D eigenvalue weighted by atomic mass is 9.91. The fourth-order valence-electron chi connectivity index (χ4n) is 4.50. The van der Waals surface area contributed by atoms with Crippen LogP contribution < -0.4 is 14.4 Å². The first-order valence-corrected chi connectivity index (χ1v) is 13.9. The van der Waals surface area contributed by atoms with Crippen LogP contribution in [0.5, 0.6) is 5.75 Å². The van der Waals surface area contributed by atoms with Gasteiger partial charge in [0, 0.05) is 18.3 Å². The van der Waals surface area contributed by atoms with Crippen molar-refractivity contribution >= 4 is 27.2 Å². The van der Waals surface area contributed by atoms with Crippen LogP contribution in [-0.2, 0) is 35.4 Å². The van der Waals surface area contributed by atoms with Crippen molar-refractivity contribution in [3.8, 4) is 5.75 Å². The fourth-order valence-corrected chi connectivity index (χ4v) is 5.95. The van der Waals surface area contributed by atoms with E-state index in [2.05, 4.69) is 20.1 Å². The van der Waals surface area contributed by atoms with E-state index in [0.29, 0.717) is 6.07 Å². The molecule has 9 nitrogen and oxygen atoms in total. The van der Waals surface area contributed by atoms with Crippen LogP contribution in [0.2, 0.25) is 0 Å². The lowest BCUT2D eigenvalue weighted by Gasteiger charge is -2.28. The van der Waals surface area contributed by atoms with Crippen LogP contribution in [0.3, 0.4) is 0 Å². The topological polar surface area (TPSA) is 110 Å². The summed E-state index contributed by atoms with van der Waals surface area (Å²) in [6.07, 6.45) is -9.78. The lowest BCUT2D eigenvalue weighted by Crippen LogP contribution is -2.31. The smallest absolute Gasteiger partial charge is 0.406 e. The van der Waals surface area contributed by atoms with Crippen molar-refractivity contribution in [3.63, 3.8) is 0 Å². The van der Waals surface area contributed by atoms with E-state index in [1.165, 1.54) is 29.8 Å². The number of ether oxygens (including phenoxy) is 1. The Bertz CT molecular complexity index is 1780. The second-order valence-corrected chi connectivity index (χ2v) is 11.8. The normalized spacial score (nSPS) is 15.2. The molecule has 1 atom stereocenters. The SMILES string of the molecule is Cc1cc(C(C)(O)c2ccc3c(c2)N(S(=O)(=O)c2ccc(OC(F)(F)F)cc2)Cc2ccc(C(F)(F)F)nc2N3)nn1C. The number of hydrogen-bond acceptors (Lipinski definition) is 7. The number of aryl methyl sites for hydroxylation is 2. The van der Waals surface area contributed by atoms with Gasteiger partial charge in [-0.1, -0.05) is 12.1 Å². The maximum Gasteiger partial charge on any atom is 0.573 e. The Morgan fingerprint density at radius 1 is 0.953 bits per heavy atom. The van der Waals surface area contributed by atoms with Crippen molar-refractivity contribution < 1.29 is 44.6 Å². The Kier molecular flexibility index (Phi) is 7.12. The van der Waals surface area contributed by atoms with E-state index >= 15 is 0 Å². The number of fused-ring (bicyclic) bond motifs is 2. The van der Waals surface area contributed by atoms with Gasteiger partial charge in [-0.05, 0) is 67.9 Å². The summed E-state index contributed by atoms with van der Waals surface area (Å²) in [6.45, 7) is 2.72. The summed E-state index contributed by atoms with van der Waals surface area (Å²) < 4.78 is 112. The van der Waals surface area contributed by atoms with Crippen molar-refractivity contribution in [3.05, 3.63) is 88.9 Å². The predicted molar refractivity (Wildman–Crippen MR) is 142 cm³/mol. The average molecular weight is 628 g/mol. The quantitative estimate of drug-likeness (QED) is 0.271. The van der Waals surface area contributed by atoms with E-state index in [4.69, 9.17) is 0 Å². The van der Waals surface area contributed by atoms with Gasteiger partial charge in [0.25, 0.3) is 10.0 Å². The third kappa shape index (κ3) is 5.84. The first kappa shape index (κ1) is 30.2. The minimum atomic E-state index is -5.00. The van der Waals surface area contributed by atoms with Crippen LogP contribution in [0, 0.1) is 6.92 Å². The van der Waals surface area contributed by atoms with Gasteiger partial charge in [0.2, 0.25) is 0 Å². The Hall–Kier alpha value is -4.31. The summed E-state index contributed by atoms with van der Waals surface area (Å²) in [4.78, 5) is 3.24. The molecule has 0 saturated carbocycles. The zero-order valence-electron chi connectivity index (χ0n) is 22.6. The molecule has 1 aliphatic rings. The van der Waals surface area contributed by atoms with Gasteiger partial charge < -0.3 is 15.2 Å². The van der Waals surface area contributed by atoms with E-state index < -0.39 is 51.0 Å². The monoisotopic (exact) mass is 627 g/mol. The summed E-state index contributed by atoms with van der Waals surface area (Å²) in [5, 5.41) is 18.6. The van der Waals surface area contributed by atoms with E-state index in [1.807, 2.05) is 0 Å². The number of pyridine rings is 1. The number of anilines is 3. The van der Waals surface area contributed by atoms with Crippen molar-refractivity contribution in [2.24, 2.45) is 7.05 Å². The van der Waals surface area contributed by atoms with Gasteiger partial charge in [-0.25, -0.2) is 13.4 Å². The fraction of sp³-hybridized carbons (Fsp3) is 0.259. The number of sulfonamides is 1. The number of hydrogen-bond donors (Lipinski definition) is 2.